The van der Waals surface area contributed by atoms with Crippen LogP contribution < -0.4 is 0 Å². The Hall–Kier alpha value is -1.75. The van der Waals surface area contributed by atoms with Gasteiger partial charge in [0.25, 0.3) is 0 Å². The highest BCUT2D eigenvalue weighted by Crippen LogP contribution is 2.34. The van der Waals surface area contributed by atoms with Crippen molar-refractivity contribution in [3.8, 4) is 11.5 Å². The zero-order valence-electron chi connectivity index (χ0n) is 11.1. The van der Waals surface area contributed by atoms with Crippen LogP contribution in [0, 0.1) is 13.8 Å². The van der Waals surface area contributed by atoms with Gasteiger partial charge < -0.3 is 9.63 Å². The van der Waals surface area contributed by atoms with E-state index in [1.165, 1.54) is 0 Å². The van der Waals surface area contributed by atoms with Crippen molar-refractivity contribution in [1.29, 1.82) is 0 Å². The van der Waals surface area contributed by atoms with Gasteiger partial charge in [0.15, 0.2) is 0 Å². The number of aryl methyl sites for hydroxylation is 2. The summed E-state index contributed by atoms with van der Waals surface area (Å²) in [6, 6.07) is 2.04. The van der Waals surface area contributed by atoms with E-state index in [9.17, 15) is 5.11 Å². The van der Waals surface area contributed by atoms with E-state index >= 15 is 0 Å². The van der Waals surface area contributed by atoms with Gasteiger partial charge in [0, 0.05) is 6.20 Å². The molecule has 1 N–H and O–H groups in total. The molecule has 5 heteroatoms. The fourth-order valence-corrected chi connectivity index (χ4v) is 2.66. The Morgan fingerprint density at radius 3 is 2.84 bits per heavy atom. The second-order valence-electron chi connectivity index (χ2n) is 5.24. The van der Waals surface area contributed by atoms with Crippen molar-refractivity contribution < 1.29 is 9.63 Å². The first-order valence-corrected chi connectivity index (χ1v) is 6.60. The Morgan fingerprint density at radius 1 is 1.32 bits per heavy atom. The first-order chi connectivity index (χ1) is 9.15. The predicted molar refractivity (Wildman–Crippen MR) is 69.6 cm³/mol. The van der Waals surface area contributed by atoms with Gasteiger partial charge in [-0.2, -0.15) is 4.98 Å². The van der Waals surface area contributed by atoms with E-state index in [4.69, 9.17) is 4.52 Å². The standard InChI is InChI=1S/C14H17N3O2/c1-8-6-9(2)12(15-7-8)13-16-14(19-17-13)10-4-3-5-11(10)18/h6-7,10-11,18H,3-5H2,1-2H3. The third kappa shape index (κ3) is 2.26. The zero-order valence-corrected chi connectivity index (χ0v) is 11.1. The van der Waals surface area contributed by atoms with Crippen LogP contribution in [0.25, 0.3) is 11.5 Å². The highest BCUT2D eigenvalue weighted by molar-refractivity contribution is 5.54. The van der Waals surface area contributed by atoms with Crippen LogP contribution in [0.5, 0.6) is 0 Å². The first-order valence-electron chi connectivity index (χ1n) is 6.60. The summed E-state index contributed by atoms with van der Waals surface area (Å²) in [6.45, 7) is 3.98. The number of hydrogen-bond donors (Lipinski definition) is 1. The largest absolute Gasteiger partial charge is 0.392 e. The summed E-state index contributed by atoms with van der Waals surface area (Å²) in [5.74, 6) is 1.01. The number of rotatable bonds is 2. The predicted octanol–water partition coefficient (Wildman–Crippen LogP) is 2.38. The average Bonchev–Trinajstić information content (AvgIpc) is 2.97. The van der Waals surface area contributed by atoms with E-state index < -0.39 is 0 Å². The second kappa shape index (κ2) is 4.74. The molecule has 0 radical (unpaired) electrons. The summed E-state index contributed by atoms with van der Waals surface area (Å²) in [5, 5.41) is 13.9. The van der Waals surface area contributed by atoms with Gasteiger partial charge in [-0.05, 0) is 44.2 Å². The van der Waals surface area contributed by atoms with Crippen molar-refractivity contribution >= 4 is 0 Å². The molecule has 1 aliphatic rings. The lowest BCUT2D eigenvalue weighted by Crippen LogP contribution is -2.11. The van der Waals surface area contributed by atoms with Gasteiger partial charge in [-0.1, -0.05) is 11.2 Å². The fraction of sp³-hybridized carbons (Fsp3) is 0.500. The molecule has 0 aromatic carbocycles. The summed E-state index contributed by atoms with van der Waals surface area (Å²) in [5.41, 5.74) is 2.88. The molecular weight excluding hydrogens is 242 g/mol. The van der Waals surface area contributed by atoms with Crippen LogP contribution in [-0.2, 0) is 0 Å². The number of aliphatic hydroxyl groups is 1. The SMILES string of the molecule is Cc1cnc(-c2noc(C3CCCC3O)n2)c(C)c1. The summed E-state index contributed by atoms with van der Waals surface area (Å²) < 4.78 is 5.30. The molecule has 2 atom stereocenters. The van der Waals surface area contributed by atoms with Gasteiger partial charge in [0.2, 0.25) is 11.7 Å². The smallest absolute Gasteiger partial charge is 0.232 e. The van der Waals surface area contributed by atoms with E-state index in [0.29, 0.717) is 11.7 Å². The maximum absolute atomic E-state index is 9.87. The normalized spacial score (nSPS) is 22.9. The van der Waals surface area contributed by atoms with Gasteiger partial charge >= 0.3 is 0 Å². The molecule has 19 heavy (non-hydrogen) atoms. The molecule has 1 fully saturated rings. The summed E-state index contributed by atoms with van der Waals surface area (Å²) >= 11 is 0. The lowest BCUT2D eigenvalue weighted by Gasteiger charge is -2.07. The van der Waals surface area contributed by atoms with E-state index in [0.717, 1.165) is 36.1 Å². The number of hydrogen-bond acceptors (Lipinski definition) is 5. The number of aromatic nitrogens is 3. The van der Waals surface area contributed by atoms with Crippen molar-refractivity contribution in [2.75, 3.05) is 0 Å². The van der Waals surface area contributed by atoms with Gasteiger partial charge in [0.1, 0.15) is 5.69 Å². The zero-order chi connectivity index (χ0) is 13.4. The molecule has 2 aromatic rings. The average molecular weight is 259 g/mol. The van der Waals surface area contributed by atoms with Gasteiger partial charge in [-0.25, -0.2) is 0 Å². The molecule has 2 aromatic heterocycles. The first kappa shape index (κ1) is 12.3. The van der Waals surface area contributed by atoms with Crippen LogP contribution in [0.4, 0.5) is 0 Å². The Bertz CT molecular complexity index is 594. The van der Waals surface area contributed by atoms with E-state index in [2.05, 4.69) is 15.1 Å². The second-order valence-corrected chi connectivity index (χ2v) is 5.24. The Kier molecular flexibility index (Phi) is 3.06. The van der Waals surface area contributed by atoms with Crippen molar-refractivity contribution in [2.45, 2.75) is 45.1 Å². The maximum Gasteiger partial charge on any atom is 0.232 e. The third-order valence-electron chi connectivity index (χ3n) is 3.67. The Labute approximate surface area is 111 Å². The number of nitrogens with zero attached hydrogens (tertiary/aromatic N) is 3. The quantitative estimate of drug-likeness (QED) is 0.896. The minimum Gasteiger partial charge on any atom is -0.392 e. The Balaban J connectivity index is 1.92. The van der Waals surface area contributed by atoms with Crippen LogP contribution in [0.3, 0.4) is 0 Å². The van der Waals surface area contributed by atoms with Gasteiger partial charge in [-0.15, -0.1) is 0 Å². The molecule has 2 heterocycles. The molecule has 5 nitrogen and oxygen atoms in total. The minimum atomic E-state index is -0.361. The highest BCUT2D eigenvalue weighted by Gasteiger charge is 2.31. The van der Waals surface area contributed by atoms with Crippen LogP contribution >= 0.6 is 0 Å². The van der Waals surface area contributed by atoms with Crippen molar-refractivity contribution in [3.05, 3.63) is 29.3 Å². The molecule has 0 saturated heterocycles. The maximum atomic E-state index is 9.87. The molecule has 1 saturated carbocycles. The van der Waals surface area contributed by atoms with Gasteiger partial charge in [-0.3, -0.25) is 4.98 Å². The van der Waals surface area contributed by atoms with E-state index in [1.807, 2.05) is 19.9 Å². The van der Waals surface area contributed by atoms with Crippen LogP contribution in [0.15, 0.2) is 16.8 Å². The highest BCUT2D eigenvalue weighted by atomic mass is 16.5. The van der Waals surface area contributed by atoms with Crippen molar-refractivity contribution in [1.82, 2.24) is 15.1 Å². The summed E-state index contributed by atoms with van der Waals surface area (Å²) in [6.07, 6.45) is 4.15. The van der Waals surface area contributed by atoms with E-state index in [1.54, 1.807) is 6.20 Å². The monoisotopic (exact) mass is 259 g/mol. The topological polar surface area (TPSA) is 72.0 Å². The molecule has 2 unspecified atom stereocenters. The number of pyridine rings is 1. The molecule has 0 bridgehead atoms. The molecule has 0 aliphatic heterocycles. The van der Waals surface area contributed by atoms with E-state index in [-0.39, 0.29) is 12.0 Å². The number of aliphatic hydroxyl groups excluding tert-OH is 1. The molecule has 1 aliphatic carbocycles. The molecule has 100 valence electrons. The van der Waals surface area contributed by atoms with Crippen molar-refractivity contribution in [3.63, 3.8) is 0 Å². The third-order valence-corrected chi connectivity index (χ3v) is 3.67. The molecule has 0 amide bonds. The lowest BCUT2D eigenvalue weighted by molar-refractivity contribution is 0.148. The van der Waals surface area contributed by atoms with Crippen LogP contribution in [-0.4, -0.2) is 26.3 Å². The molecule has 3 rings (SSSR count). The molecular formula is C14H17N3O2. The lowest BCUT2D eigenvalue weighted by atomic mass is 10.1. The minimum absolute atomic E-state index is 0.0213. The van der Waals surface area contributed by atoms with Crippen molar-refractivity contribution in [2.24, 2.45) is 0 Å². The fourth-order valence-electron chi connectivity index (χ4n) is 2.66. The molecule has 0 spiro atoms. The van der Waals surface area contributed by atoms with Gasteiger partial charge in [0.05, 0.1) is 12.0 Å². The Morgan fingerprint density at radius 2 is 2.16 bits per heavy atom. The summed E-state index contributed by atoms with van der Waals surface area (Å²) in [4.78, 5) is 8.76. The van der Waals surface area contributed by atoms with Crippen LogP contribution in [0.1, 0.15) is 42.2 Å². The van der Waals surface area contributed by atoms with Crippen LogP contribution in [0.2, 0.25) is 0 Å². The summed E-state index contributed by atoms with van der Waals surface area (Å²) in [7, 11) is 0.